The minimum atomic E-state index is -0.428. The Labute approximate surface area is 147 Å². The van der Waals surface area contributed by atoms with E-state index >= 15 is 0 Å². The molecule has 1 aromatic rings. The first-order valence-corrected chi connectivity index (χ1v) is 8.11. The standard InChI is InChI=1S/C15H25N5O3.ClH/c1-10-15(20(22)23)11(2)19(18-10)8-7-14(21)17-13-6-4-3-5-12(13)9-16;/h12-13H,3-9,16H2,1-2H3,(H,17,21);1H. The van der Waals surface area contributed by atoms with Crippen molar-refractivity contribution >= 4 is 24.0 Å². The molecular formula is C15H26ClN5O3. The number of aryl methyl sites for hydroxylation is 2. The zero-order chi connectivity index (χ0) is 17.0. The quantitative estimate of drug-likeness (QED) is 0.594. The maximum absolute atomic E-state index is 12.2. The summed E-state index contributed by atoms with van der Waals surface area (Å²) in [6.45, 7) is 4.19. The Morgan fingerprint density at radius 2 is 2.08 bits per heavy atom. The molecule has 1 aliphatic rings. The average molecular weight is 360 g/mol. The van der Waals surface area contributed by atoms with Gasteiger partial charge in [0.2, 0.25) is 5.91 Å². The van der Waals surface area contributed by atoms with Crippen molar-refractivity contribution in [3.05, 3.63) is 21.5 Å². The van der Waals surface area contributed by atoms with Crippen molar-refractivity contribution in [2.75, 3.05) is 6.54 Å². The van der Waals surface area contributed by atoms with Crippen molar-refractivity contribution in [3.8, 4) is 0 Å². The SMILES string of the molecule is Cc1nn(CCC(=O)NC2CCCCC2CN)c(C)c1[N+](=O)[O-].Cl. The van der Waals surface area contributed by atoms with Gasteiger partial charge in [-0.1, -0.05) is 12.8 Å². The topological polar surface area (TPSA) is 116 Å². The molecule has 0 spiro atoms. The van der Waals surface area contributed by atoms with Crippen molar-refractivity contribution in [3.63, 3.8) is 0 Å². The molecule has 0 aliphatic heterocycles. The van der Waals surface area contributed by atoms with Crippen LogP contribution >= 0.6 is 12.4 Å². The number of rotatable bonds is 6. The van der Waals surface area contributed by atoms with Gasteiger partial charge in [-0.15, -0.1) is 12.4 Å². The van der Waals surface area contributed by atoms with Gasteiger partial charge in [-0.05, 0) is 39.2 Å². The largest absolute Gasteiger partial charge is 0.353 e. The fourth-order valence-corrected chi connectivity index (χ4v) is 3.34. The molecule has 0 bridgehead atoms. The van der Waals surface area contributed by atoms with Crippen molar-refractivity contribution in [2.45, 2.75) is 58.5 Å². The van der Waals surface area contributed by atoms with Gasteiger partial charge in [0.15, 0.2) is 0 Å². The van der Waals surface area contributed by atoms with Crippen molar-refractivity contribution in [1.82, 2.24) is 15.1 Å². The molecule has 24 heavy (non-hydrogen) atoms. The number of nitro groups is 1. The summed E-state index contributed by atoms with van der Waals surface area (Å²) in [7, 11) is 0. The van der Waals surface area contributed by atoms with Gasteiger partial charge < -0.3 is 11.1 Å². The number of halogens is 1. The molecule has 1 aromatic heterocycles. The first kappa shape index (κ1) is 20.4. The Balaban J connectivity index is 0.00000288. The maximum atomic E-state index is 12.2. The molecule has 1 saturated carbocycles. The minimum absolute atomic E-state index is 0. The van der Waals surface area contributed by atoms with Crippen molar-refractivity contribution in [1.29, 1.82) is 0 Å². The van der Waals surface area contributed by atoms with E-state index in [2.05, 4.69) is 10.4 Å². The third kappa shape index (κ3) is 4.67. The van der Waals surface area contributed by atoms with E-state index in [1.807, 2.05) is 0 Å². The number of nitrogens with one attached hydrogen (secondary N) is 1. The predicted octanol–water partition coefficient (Wildman–Crippen LogP) is 1.85. The Morgan fingerprint density at radius 1 is 1.42 bits per heavy atom. The number of hydrogen-bond donors (Lipinski definition) is 2. The van der Waals surface area contributed by atoms with Crippen LogP contribution in [0, 0.1) is 29.9 Å². The fourth-order valence-electron chi connectivity index (χ4n) is 3.34. The highest BCUT2D eigenvalue weighted by Gasteiger charge is 2.26. The van der Waals surface area contributed by atoms with Gasteiger partial charge >= 0.3 is 5.69 Å². The molecule has 9 heteroatoms. The van der Waals surface area contributed by atoms with Gasteiger partial charge in [0.25, 0.3) is 0 Å². The van der Waals surface area contributed by atoms with E-state index in [0.29, 0.717) is 30.4 Å². The molecule has 3 N–H and O–H groups in total. The third-order valence-corrected chi connectivity index (χ3v) is 4.63. The maximum Gasteiger partial charge on any atom is 0.312 e. The van der Waals surface area contributed by atoms with Crippen LogP contribution in [0.4, 0.5) is 5.69 Å². The van der Waals surface area contributed by atoms with Crippen LogP contribution in [0.5, 0.6) is 0 Å². The molecule has 2 atom stereocenters. The Hall–Kier alpha value is -1.67. The Kier molecular flexibility index (Phi) is 7.62. The lowest BCUT2D eigenvalue weighted by molar-refractivity contribution is -0.386. The molecule has 1 fully saturated rings. The zero-order valence-corrected chi connectivity index (χ0v) is 15.0. The molecule has 0 saturated heterocycles. The summed E-state index contributed by atoms with van der Waals surface area (Å²) in [6.07, 6.45) is 4.58. The molecule has 1 amide bonds. The predicted molar refractivity (Wildman–Crippen MR) is 93.2 cm³/mol. The molecule has 1 heterocycles. The van der Waals surface area contributed by atoms with Crippen LogP contribution in [0.2, 0.25) is 0 Å². The summed E-state index contributed by atoms with van der Waals surface area (Å²) in [5.74, 6) is 0.299. The van der Waals surface area contributed by atoms with Gasteiger partial charge in [0.1, 0.15) is 11.4 Å². The summed E-state index contributed by atoms with van der Waals surface area (Å²) < 4.78 is 1.54. The van der Waals surface area contributed by atoms with Gasteiger partial charge in [-0.3, -0.25) is 19.6 Å². The number of hydrogen-bond acceptors (Lipinski definition) is 5. The monoisotopic (exact) mass is 359 g/mol. The normalized spacial score (nSPS) is 20.3. The van der Waals surface area contributed by atoms with Crippen LogP contribution < -0.4 is 11.1 Å². The first-order valence-electron chi connectivity index (χ1n) is 8.11. The summed E-state index contributed by atoms with van der Waals surface area (Å²) in [5, 5.41) is 18.2. The highest BCUT2D eigenvalue weighted by Crippen LogP contribution is 2.24. The average Bonchev–Trinajstić information content (AvgIpc) is 2.80. The molecule has 136 valence electrons. The fraction of sp³-hybridized carbons (Fsp3) is 0.733. The van der Waals surface area contributed by atoms with E-state index in [9.17, 15) is 14.9 Å². The van der Waals surface area contributed by atoms with Crippen LogP contribution in [0.15, 0.2) is 0 Å². The van der Waals surface area contributed by atoms with Gasteiger partial charge in [0, 0.05) is 12.5 Å². The highest BCUT2D eigenvalue weighted by molar-refractivity contribution is 5.85. The second-order valence-corrected chi connectivity index (χ2v) is 6.20. The number of nitrogens with zero attached hydrogens (tertiary/aromatic N) is 3. The highest BCUT2D eigenvalue weighted by atomic mass is 35.5. The van der Waals surface area contributed by atoms with E-state index in [0.717, 1.165) is 19.3 Å². The molecule has 0 aromatic carbocycles. The second-order valence-electron chi connectivity index (χ2n) is 6.20. The van der Waals surface area contributed by atoms with Gasteiger partial charge in [-0.25, -0.2) is 0 Å². The number of amides is 1. The number of nitrogens with two attached hydrogens (primary N) is 1. The Bertz CT molecular complexity index is 590. The van der Waals surface area contributed by atoms with E-state index in [1.54, 1.807) is 13.8 Å². The van der Waals surface area contributed by atoms with Crippen LogP contribution in [0.1, 0.15) is 43.5 Å². The van der Waals surface area contributed by atoms with E-state index < -0.39 is 4.92 Å². The smallest absolute Gasteiger partial charge is 0.312 e. The third-order valence-electron chi connectivity index (χ3n) is 4.63. The van der Waals surface area contributed by atoms with Crippen molar-refractivity contribution in [2.24, 2.45) is 11.7 Å². The van der Waals surface area contributed by atoms with Crippen LogP contribution in [-0.2, 0) is 11.3 Å². The van der Waals surface area contributed by atoms with Crippen LogP contribution in [0.3, 0.4) is 0 Å². The summed E-state index contributed by atoms with van der Waals surface area (Å²) in [4.78, 5) is 22.7. The molecule has 1 aliphatic carbocycles. The molecule has 8 nitrogen and oxygen atoms in total. The van der Waals surface area contributed by atoms with Gasteiger partial charge in [-0.2, -0.15) is 5.10 Å². The Morgan fingerprint density at radius 3 is 2.67 bits per heavy atom. The molecule has 0 radical (unpaired) electrons. The summed E-state index contributed by atoms with van der Waals surface area (Å²) in [6, 6.07) is 0.149. The zero-order valence-electron chi connectivity index (χ0n) is 14.2. The van der Waals surface area contributed by atoms with Crippen LogP contribution in [0.25, 0.3) is 0 Å². The lowest BCUT2D eigenvalue weighted by Crippen LogP contribution is -2.44. The number of carbonyl (C=O) groups excluding carboxylic acids is 1. The minimum Gasteiger partial charge on any atom is -0.353 e. The second kappa shape index (κ2) is 8.98. The molecule has 2 rings (SSSR count). The van der Waals surface area contributed by atoms with Crippen LogP contribution in [-0.4, -0.2) is 33.2 Å². The molecule has 2 unspecified atom stereocenters. The lowest BCUT2D eigenvalue weighted by atomic mass is 9.84. The lowest BCUT2D eigenvalue weighted by Gasteiger charge is -2.31. The first-order chi connectivity index (χ1) is 10.9. The number of carbonyl (C=O) groups is 1. The van der Waals surface area contributed by atoms with E-state index in [1.165, 1.54) is 11.1 Å². The summed E-state index contributed by atoms with van der Waals surface area (Å²) in [5.41, 5.74) is 6.66. The van der Waals surface area contributed by atoms with E-state index in [-0.39, 0.29) is 36.5 Å². The van der Waals surface area contributed by atoms with Crippen molar-refractivity contribution < 1.29 is 9.72 Å². The number of aromatic nitrogens is 2. The molecular weight excluding hydrogens is 334 g/mol. The van der Waals surface area contributed by atoms with Gasteiger partial charge in [0.05, 0.1) is 11.5 Å². The summed E-state index contributed by atoms with van der Waals surface area (Å²) >= 11 is 0. The van der Waals surface area contributed by atoms with E-state index in [4.69, 9.17) is 5.73 Å².